The minimum atomic E-state index is -0.583. The van der Waals surface area contributed by atoms with E-state index in [9.17, 15) is 4.39 Å². The summed E-state index contributed by atoms with van der Waals surface area (Å²) in [6, 6.07) is 0. The van der Waals surface area contributed by atoms with Gasteiger partial charge in [-0.15, -0.1) is 0 Å². The third kappa shape index (κ3) is 2.27. The first-order chi connectivity index (χ1) is 12.0. The molecule has 0 aromatic heterocycles. The molecular weight excluding hydrogens is 315 g/mol. The van der Waals surface area contributed by atoms with E-state index in [1.165, 1.54) is 19.3 Å². The molecule has 25 heavy (non-hydrogen) atoms. The molecule has 0 aromatic rings. The zero-order chi connectivity index (χ0) is 17.3. The van der Waals surface area contributed by atoms with Crippen molar-refractivity contribution < 1.29 is 13.9 Å². The molecular formula is C22H33FO2. The van der Waals surface area contributed by atoms with E-state index in [0.29, 0.717) is 11.8 Å². The van der Waals surface area contributed by atoms with Gasteiger partial charge in [0.15, 0.2) is 5.79 Å². The summed E-state index contributed by atoms with van der Waals surface area (Å²) in [7, 11) is 0. The molecule has 1 spiro atoms. The van der Waals surface area contributed by atoms with Crippen LogP contribution in [0.2, 0.25) is 0 Å². The van der Waals surface area contributed by atoms with Gasteiger partial charge in [-0.2, -0.15) is 0 Å². The van der Waals surface area contributed by atoms with E-state index in [-0.39, 0.29) is 16.6 Å². The SMILES string of the molecule is CC12CCC3(CC1=CCC1C2CCC2(C)C(F)CCCC12)OCCO3. The molecule has 1 heterocycles. The van der Waals surface area contributed by atoms with E-state index in [1.54, 1.807) is 5.57 Å². The highest BCUT2D eigenvalue weighted by atomic mass is 19.1. The summed E-state index contributed by atoms with van der Waals surface area (Å²) < 4.78 is 26.9. The highest BCUT2D eigenvalue weighted by molar-refractivity contribution is 5.26. The molecule has 0 aromatic carbocycles. The van der Waals surface area contributed by atoms with E-state index in [4.69, 9.17) is 9.47 Å². The Bertz CT molecular complexity index is 581. The standard InChI is InChI=1S/C22H33FO2/c1-20-10-11-22(24-12-13-25-22)14-15(20)6-7-16-17-4-3-5-19(23)21(17,2)9-8-18(16)20/h6,16-19H,3-5,7-14H2,1-2H3. The number of hydrogen-bond donors (Lipinski definition) is 0. The normalized spacial score (nSPS) is 51.4. The predicted octanol–water partition coefficient (Wildman–Crippen LogP) is 5.42. The maximum absolute atomic E-state index is 14.8. The number of halogens is 1. The van der Waals surface area contributed by atoms with Crippen LogP contribution in [0.15, 0.2) is 11.6 Å². The fraction of sp³-hybridized carbons (Fsp3) is 0.909. The van der Waals surface area contributed by atoms with Gasteiger partial charge in [0.2, 0.25) is 0 Å². The Morgan fingerprint density at radius 3 is 2.60 bits per heavy atom. The van der Waals surface area contributed by atoms with Crippen molar-refractivity contribution in [2.45, 2.75) is 83.6 Å². The second-order valence-corrected chi connectivity index (χ2v) is 9.99. The van der Waals surface area contributed by atoms with Gasteiger partial charge < -0.3 is 9.47 Å². The average molecular weight is 349 g/mol. The van der Waals surface area contributed by atoms with Gasteiger partial charge >= 0.3 is 0 Å². The Morgan fingerprint density at radius 1 is 1.00 bits per heavy atom. The van der Waals surface area contributed by atoms with E-state index < -0.39 is 6.17 Å². The van der Waals surface area contributed by atoms with Gasteiger partial charge in [0, 0.05) is 18.3 Å². The van der Waals surface area contributed by atoms with E-state index in [2.05, 4.69) is 19.9 Å². The van der Waals surface area contributed by atoms with Crippen LogP contribution in [0.5, 0.6) is 0 Å². The topological polar surface area (TPSA) is 18.5 Å². The third-order valence-electron chi connectivity index (χ3n) is 9.05. The first kappa shape index (κ1) is 16.7. The zero-order valence-corrected chi connectivity index (χ0v) is 15.9. The molecule has 5 rings (SSSR count). The molecule has 2 nitrogen and oxygen atoms in total. The molecule has 6 unspecified atom stereocenters. The molecule has 0 N–H and O–H groups in total. The minimum absolute atomic E-state index is 0.0608. The second-order valence-electron chi connectivity index (χ2n) is 9.99. The molecule has 5 aliphatic rings. The molecule has 0 amide bonds. The van der Waals surface area contributed by atoms with E-state index in [0.717, 1.165) is 57.7 Å². The van der Waals surface area contributed by atoms with Crippen LogP contribution in [0.25, 0.3) is 0 Å². The fourth-order valence-electron chi connectivity index (χ4n) is 7.48. The molecule has 6 atom stereocenters. The van der Waals surface area contributed by atoms with Crippen LogP contribution >= 0.6 is 0 Å². The predicted molar refractivity (Wildman–Crippen MR) is 95.9 cm³/mol. The number of ether oxygens (including phenoxy) is 2. The van der Waals surface area contributed by atoms with Gasteiger partial charge in [-0.05, 0) is 61.7 Å². The Kier molecular flexibility index (Phi) is 3.71. The molecule has 0 radical (unpaired) electrons. The van der Waals surface area contributed by atoms with Crippen molar-refractivity contribution in [2.75, 3.05) is 13.2 Å². The van der Waals surface area contributed by atoms with Gasteiger partial charge in [-0.25, -0.2) is 4.39 Å². The van der Waals surface area contributed by atoms with Crippen LogP contribution < -0.4 is 0 Å². The first-order valence-electron chi connectivity index (χ1n) is 10.6. The lowest BCUT2D eigenvalue weighted by Crippen LogP contribution is -2.55. The summed E-state index contributed by atoms with van der Waals surface area (Å²) in [6.45, 7) is 6.24. The smallest absolute Gasteiger partial charge is 0.172 e. The van der Waals surface area contributed by atoms with Crippen LogP contribution in [0, 0.1) is 28.6 Å². The second kappa shape index (κ2) is 5.55. The van der Waals surface area contributed by atoms with Crippen molar-refractivity contribution in [1.29, 1.82) is 0 Å². The van der Waals surface area contributed by atoms with Crippen molar-refractivity contribution in [1.82, 2.24) is 0 Å². The lowest BCUT2D eigenvalue weighted by molar-refractivity contribution is -0.187. The number of alkyl halides is 1. The average Bonchev–Trinajstić information content (AvgIpc) is 3.05. The van der Waals surface area contributed by atoms with Gasteiger partial charge in [0.25, 0.3) is 0 Å². The van der Waals surface area contributed by atoms with E-state index in [1.807, 2.05) is 0 Å². The third-order valence-corrected chi connectivity index (χ3v) is 9.05. The lowest BCUT2D eigenvalue weighted by Gasteiger charge is -2.61. The van der Waals surface area contributed by atoms with Crippen molar-refractivity contribution in [2.24, 2.45) is 28.6 Å². The molecule has 0 bridgehead atoms. The summed E-state index contributed by atoms with van der Waals surface area (Å²) >= 11 is 0. The summed E-state index contributed by atoms with van der Waals surface area (Å²) in [4.78, 5) is 0. The molecule has 1 aliphatic heterocycles. The molecule has 140 valence electrons. The first-order valence-corrected chi connectivity index (χ1v) is 10.6. The summed E-state index contributed by atoms with van der Waals surface area (Å²) in [5, 5.41) is 0. The Labute approximate surface area is 151 Å². The molecule has 1 saturated heterocycles. The van der Waals surface area contributed by atoms with Gasteiger partial charge in [-0.3, -0.25) is 0 Å². The summed E-state index contributed by atoms with van der Waals surface area (Å²) in [5.41, 5.74) is 1.81. The zero-order valence-electron chi connectivity index (χ0n) is 15.9. The fourth-order valence-corrected chi connectivity index (χ4v) is 7.48. The Morgan fingerprint density at radius 2 is 1.80 bits per heavy atom. The highest BCUT2D eigenvalue weighted by Gasteiger charge is 2.59. The van der Waals surface area contributed by atoms with Crippen LogP contribution in [0.3, 0.4) is 0 Å². The molecule has 3 saturated carbocycles. The van der Waals surface area contributed by atoms with Crippen LogP contribution in [0.1, 0.15) is 71.6 Å². The van der Waals surface area contributed by atoms with Crippen LogP contribution in [0.4, 0.5) is 4.39 Å². The summed E-state index contributed by atoms with van der Waals surface area (Å²) in [6.07, 6.45) is 11.7. The van der Waals surface area contributed by atoms with Crippen molar-refractivity contribution in [3.05, 3.63) is 11.6 Å². The molecule has 3 heteroatoms. The van der Waals surface area contributed by atoms with Gasteiger partial charge in [0.1, 0.15) is 6.17 Å². The minimum Gasteiger partial charge on any atom is -0.347 e. The van der Waals surface area contributed by atoms with Gasteiger partial charge in [-0.1, -0.05) is 31.9 Å². The van der Waals surface area contributed by atoms with Crippen LogP contribution in [-0.2, 0) is 9.47 Å². The molecule has 4 fully saturated rings. The van der Waals surface area contributed by atoms with Crippen molar-refractivity contribution in [3.63, 3.8) is 0 Å². The highest BCUT2D eigenvalue weighted by Crippen LogP contribution is 2.65. The Hall–Kier alpha value is -0.410. The number of hydrogen-bond acceptors (Lipinski definition) is 2. The number of rotatable bonds is 0. The quantitative estimate of drug-likeness (QED) is 0.544. The lowest BCUT2D eigenvalue weighted by atomic mass is 9.45. The summed E-state index contributed by atoms with van der Waals surface area (Å²) in [5.74, 6) is 1.68. The molecule has 4 aliphatic carbocycles. The maximum atomic E-state index is 14.8. The monoisotopic (exact) mass is 348 g/mol. The number of allylic oxidation sites excluding steroid dienone is 1. The largest absolute Gasteiger partial charge is 0.347 e. The van der Waals surface area contributed by atoms with Crippen molar-refractivity contribution >= 4 is 0 Å². The maximum Gasteiger partial charge on any atom is 0.172 e. The number of fused-ring (bicyclic) bond motifs is 5. The van der Waals surface area contributed by atoms with Crippen LogP contribution in [-0.4, -0.2) is 25.2 Å². The van der Waals surface area contributed by atoms with Crippen molar-refractivity contribution in [3.8, 4) is 0 Å². The van der Waals surface area contributed by atoms with Gasteiger partial charge in [0.05, 0.1) is 13.2 Å². The van der Waals surface area contributed by atoms with E-state index >= 15 is 0 Å². The Balaban J connectivity index is 1.45.